The van der Waals surface area contributed by atoms with Crippen LogP contribution in [0.3, 0.4) is 0 Å². The van der Waals surface area contributed by atoms with Gasteiger partial charge in [-0.05, 0) is 48.7 Å². The lowest BCUT2D eigenvalue weighted by Gasteiger charge is -2.32. The summed E-state index contributed by atoms with van der Waals surface area (Å²) in [5, 5.41) is 3.14. The third-order valence-corrected chi connectivity index (χ3v) is 4.14. The van der Waals surface area contributed by atoms with E-state index in [1.54, 1.807) is 24.3 Å². The fourth-order valence-electron chi connectivity index (χ4n) is 2.90. The predicted molar refractivity (Wildman–Crippen MR) is 88.2 cm³/mol. The number of piperidine rings is 1. The summed E-state index contributed by atoms with van der Waals surface area (Å²) in [6, 6.07) is 10.4. The van der Waals surface area contributed by atoms with Crippen LogP contribution in [0.2, 0.25) is 0 Å². The van der Waals surface area contributed by atoms with E-state index in [-0.39, 0.29) is 30.5 Å². The smallest absolute Gasteiger partial charge is 0.231 e. The van der Waals surface area contributed by atoms with Crippen LogP contribution in [0.1, 0.15) is 23.4 Å². The van der Waals surface area contributed by atoms with Crippen LogP contribution in [0.25, 0.3) is 0 Å². The van der Waals surface area contributed by atoms with Crippen LogP contribution in [-0.2, 0) is 0 Å². The molecule has 1 saturated heterocycles. The first-order valence-corrected chi connectivity index (χ1v) is 7.83. The summed E-state index contributed by atoms with van der Waals surface area (Å²) in [6.07, 6.45) is 0.396. The lowest BCUT2D eigenvalue weighted by atomic mass is 9.81. The Balaban J connectivity index is 1.55. The zero-order chi connectivity index (χ0) is 20.0. The van der Waals surface area contributed by atoms with Gasteiger partial charge in [-0.1, -0.05) is 12.1 Å². The van der Waals surface area contributed by atoms with Crippen molar-refractivity contribution in [3.63, 3.8) is 0 Å². The van der Waals surface area contributed by atoms with Crippen molar-refractivity contribution >= 4 is 0 Å². The third kappa shape index (κ3) is 3.17. The number of rotatable bonds is 4. The Kier molecular flexibility index (Phi) is 3.15. The van der Waals surface area contributed by atoms with Gasteiger partial charge in [-0.3, -0.25) is 0 Å². The predicted octanol–water partition coefficient (Wildman–Crippen LogP) is 3.33. The molecule has 2 aliphatic rings. The topological polar surface area (TPSA) is 39.7 Å². The molecule has 4 nitrogen and oxygen atoms in total. The molecule has 2 aromatic rings. The standard InChI is InChI=1S/C19H20FNO3/c20-15-3-1-13(2-4-15)17-7-8-21-10-14(17)11-22-16-5-6-18-19(9-16)24-12-23-18/h1-6,9,14,17,21H,7-8,10-12H2/t14?,17-/m0/s1/i12D2,14D,17D. The van der Waals surface area contributed by atoms with E-state index in [2.05, 4.69) is 5.32 Å². The van der Waals surface area contributed by atoms with Gasteiger partial charge in [0.05, 0.1) is 6.61 Å². The van der Waals surface area contributed by atoms with Crippen LogP contribution in [-0.4, -0.2) is 26.4 Å². The zero-order valence-electron chi connectivity index (χ0n) is 17.0. The monoisotopic (exact) mass is 333 g/mol. The van der Waals surface area contributed by atoms with Crippen molar-refractivity contribution in [1.29, 1.82) is 0 Å². The van der Waals surface area contributed by atoms with E-state index in [9.17, 15) is 4.39 Å². The van der Waals surface area contributed by atoms with Gasteiger partial charge in [-0.15, -0.1) is 0 Å². The summed E-state index contributed by atoms with van der Waals surface area (Å²) < 4.78 is 62.1. The van der Waals surface area contributed by atoms with Gasteiger partial charge < -0.3 is 19.5 Å². The minimum Gasteiger partial charge on any atom is -0.493 e. The fraction of sp³-hybridized carbons (Fsp3) is 0.368. The van der Waals surface area contributed by atoms with Crippen LogP contribution in [0, 0.1) is 11.7 Å². The lowest BCUT2D eigenvalue weighted by Crippen LogP contribution is -2.38. The van der Waals surface area contributed by atoms with Crippen molar-refractivity contribution in [2.45, 2.75) is 12.3 Å². The minimum atomic E-state index is -2.22. The Morgan fingerprint density at radius 3 is 2.92 bits per heavy atom. The summed E-state index contributed by atoms with van der Waals surface area (Å²) in [5.74, 6) is -2.07. The van der Waals surface area contributed by atoms with Gasteiger partial charge in [-0.2, -0.15) is 0 Å². The highest BCUT2D eigenvalue weighted by Gasteiger charge is 2.27. The van der Waals surface area contributed by atoms with E-state index < -0.39 is 18.5 Å². The lowest BCUT2D eigenvalue weighted by molar-refractivity contribution is 0.173. The van der Waals surface area contributed by atoms with E-state index in [4.69, 9.17) is 19.7 Å². The maximum absolute atomic E-state index is 13.3. The second-order valence-electron chi connectivity index (χ2n) is 5.70. The quantitative estimate of drug-likeness (QED) is 0.932. The molecule has 126 valence electrons. The molecule has 0 aromatic heterocycles. The van der Waals surface area contributed by atoms with Crippen molar-refractivity contribution < 1.29 is 24.1 Å². The molecule has 0 spiro atoms. The van der Waals surface area contributed by atoms with Crippen LogP contribution >= 0.6 is 0 Å². The second kappa shape index (κ2) is 6.69. The van der Waals surface area contributed by atoms with E-state index in [1.807, 2.05) is 0 Å². The first kappa shape index (κ1) is 11.3. The summed E-state index contributed by atoms with van der Waals surface area (Å²) in [6.45, 7) is -1.46. The van der Waals surface area contributed by atoms with Crippen molar-refractivity contribution in [3.8, 4) is 17.2 Å². The highest BCUT2D eigenvalue weighted by Crippen LogP contribution is 2.36. The van der Waals surface area contributed by atoms with Crippen LogP contribution in [0.15, 0.2) is 42.5 Å². The normalized spacial score (nSPS) is 33.0. The second-order valence-corrected chi connectivity index (χ2v) is 5.70. The van der Waals surface area contributed by atoms with Crippen molar-refractivity contribution in [2.24, 2.45) is 5.89 Å². The van der Waals surface area contributed by atoms with Crippen molar-refractivity contribution in [3.05, 3.63) is 53.8 Å². The van der Waals surface area contributed by atoms with Crippen LogP contribution < -0.4 is 19.5 Å². The Morgan fingerprint density at radius 2 is 2.04 bits per heavy atom. The highest BCUT2D eigenvalue weighted by molar-refractivity contribution is 5.46. The number of ether oxygens (including phenoxy) is 3. The first-order valence-electron chi connectivity index (χ1n) is 9.83. The van der Waals surface area contributed by atoms with Gasteiger partial charge >= 0.3 is 0 Å². The van der Waals surface area contributed by atoms with Gasteiger partial charge in [0.1, 0.15) is 14.3 Å². The molecule has 2 atom stereocenters. The number of halogens is 1. The molecule has 2 heterocycles. The SMILES string of the molecule is [2H]C1([2H])Oc2ccc(OCC3([2H])CNCC[C@@]3([2H])c3ccc(F)cc3)cc2O1. The molecular formula is C19H20FNO3. The number of fused-ring (bicyclic) bond motifs is 1. The van der Waals surface area contributed by atoms with Gasteiger partial charge in [0.15, 0.2) is 11.5 Å². The molecule has 1 N–H and O–H groups in total. The molecule has 24 heavy (non-hydrogen) atoms. The zero-order valence-corrected chi connectivity index (χ0v) is 13.0. The summed E-state index contributed by atoms with van der Waals surface area (Å²) >= 11 is 0. The van der Waals surface area contributed by atoms with Crippen LogP contribution in [0.4, 0.5) is 4.39 Å². The minimum absolute atomic E-state index is 0.0760. The van der Waals surface area contributed by atoms with Crippen LogP contribution in [0.5, 0.6) is 17.2 Å². The van der Waals surface area contributed by atoms with E-state index in [0.29, 0.717) is 24.3 Å². The number of hydrogen-bond acceptors (Lipinski definition) is 4. The Hall–Kier alpha value is -2.27. The Labute approximate surface area is 146 Å². The van der Waals surface area contributed by atoms with E-state index in [1.165, 1.54) is 18.2 Å². The van der Waals surface area contributed by atoms with Gasteiger partial charge in [0.2, 0.25) is 6.75 Å². The summed E-state index contributed by atoms with van der Waals surface area (Å²) in [5.41, 5.74) is 0.577. The average Bonchev–Trinajstić information content (AvgIpc) is 2.96. The molecule has 0 saturated carbocycles. The molecule has 0 bridgehead atoms. The molecule has 1 unspecified atom stereocenters. The van der Waals surface area contributed by atoms with E-state index in [0.717, 1.165) is 0 Å². The molecule has 2 aliphatic heterocycles. The van der Waals surface area contributed by atoms with Crippen molar-refractivity contribution in [1.82, 2.24) is 5.32 Å². The number of benzene rings is 2. The molecular weight excluding hydrogens is 309 g/mol. The first-order chi connectivity index (χ1) is 13.2. The van der Waals surface area contributed by atoms with Crippen molar-refractivity contribution in [2.75, 3.05) is 26.4 Å². The molecule has 4 rings (SSSR count). The molecule has 0 aliphatic carbocycles. The maximum atomic E-state index is 13.3. The fourth-order valence-corrected chi connectivity index (χ4v) is 2.90. The summed E-state index contributed by atoms with van der Waals surface area (Å²) in [4.78, 5) is 0. The number of nitrogens with one attached hydrogen (secondary N) is 1. The molecule has 1 fully saturated rings. The molecule has 0 radical (unpaired) electrons. The maximum Gasteiger partial charge on any atom is 0.231 e. The Morgan fingerprint density at radius 1 is 1.21 bits per heavy atom. The third-order valence-electron chi connectivity index (χ3n) is 4.14. The van der Waals surface area contributed by atoms with Gasteiger partial charge in [-0.25, -0.2) is 4.39 Å². The molecule has 2 aromatic carbocycles. The average molecular weight is 333 g/mol. The van der Waals surface area contributed by atoms with E-state index >= 15 is 0 Å². The highest BCUT2D eigenvalue weighted by atomic mass is 19.1. The van der Waals surface area contributed by atoms with Gasteiger partial charge in [0, 0.05) is 21.2 Å². The molecule has 0 amide bonds. The largest absolute Gasteiger partial charge is 0.493 e. The Bertz CT molecular complexity index is 882. The molecule has 5 heteroatoms. The summed E-state index contributed by atoms with van der Waals surface area (Å²) in [7, 11) is 0. The number of hydrogen-bond donors (Lipinski definition) is 1. The van der Waals surface area contributed by atoms with Gasteiger partial charge in [0.25, 0.3) is 0 Å².